The van der Waals surface area contributed by atoms with Gasteiger partial charge in [-0.05, 0) is 24.1 Å². The van der Waals surface area contributed by atoms with Crippen molar-refractivity contribution in [2.45, 2.75) is 19.8 Å². The van der Waals surface area contributed by atoms with Gasteiger partial charge in [0, 0.05) is 27.3 Å². The zero-order chi connectivity index (χ0) is 12.8. The van der Waals surface area contributed by atoms with Crippen molar-refractivity contribution >= 4 is 0 Å². The molecule has 0 aliphatic rings. The van der Waals surface area contributed by atoms with E-state index < -0.39 is 11.6 Å². The zero-order valence-electron chi connectivity index (χ0n) is 10.2. The van der Waals surface area contributed by atoms with E-state index in [-0.39, 0.29) is 6.29 Å². The average Bonchev–Trinajstić information content (AvgIpc) is 2.31. The molecular formula is C12H17F2NO2. The Morgan fingerprint density at radius 2 is 1.88 bits per heavy atom. The fourth-order valence-corrected chi connectivity index (χ4v) is 1.50. The molecule has 1 aromatic carbocycles. The lowest BCUT2D eigenvalue weighted by Crippen LogP contribution is -2.29. The monoisotopic (exact) mass is 245 g/mol. The molecule has 0 radical (unpaired) electrons. The Morgan fingerprint density at radius 1 is 1.24 bits per heavy atom. The highest BCUT2D eigenvalue weighted by atomic mass is 19.2. The molecule has 0 amide bonds. The minimum atomic E-state index is -0.822. The van der Waals surface area contributed by atoms with E-state index in [1.807, 2.05) is 0 Å². The Bertz CT molecular complexity index is 345. The number of hydrogen-bond acceptors (Lipinski definition) is 3. The van der Waals surface area contributed by atoms with Gasteiger partial charge < -0.3 is 14.8 Å². The summed E-state index contributed by atoms with van der Waals surface area (Å²) in [5.74, 6) is -1.61. The first-order valence-electron chi connectivity index (χ1n) is 5.29. The van der Waals surface area contributed by atoms with Gasteiger partial charge in [0.2, 0.25) is 0 Å². The normalized spacial score (nSPS) is 11.2. The third-order valence-corrected chi connectivity index (χ3v) is 2.44. The topological polar surface area (TPSA) is 30.5 Å². The van der Waals surface area contributed by atoms with Crippen LogP contribution in [0.1, 0.15) is 11.1 Å². The van der Waals surface area contributed by atoms with Crippen LogP contribution < -0.4 is 5.32 Å². The molecule has 0 saturated carbocycles. The van der Waals surface area contributed by atoms with Crippen molar-refractivity contribution in [2.75, 3.05) is 20.8 Å². The van der Waals surface area contributed by atoms with Gasteiger partial charge in [-0.3, -0.25) is 0 Å². The molecular weight excluding hydrogens is 228 g/mol. The zero-order valence-corrected chi connectivity index (χ0v) is 10.2. The van der Waals surface area contributed by atoms with Crippen LogP contribution in [0.2, 0.25) is 0 Å². The number of methoxy groups -OCH3 is 2. The van der Waals surface area contributed by atoms with Crippen molar-refractivity contribution in [1.29, 1.82) is 0 Å². The Kier molecular flexibility index (Phi) is 5.47. The fourth-order valence-electron chi connectivity index (χ4n) is 1.50. The van der Waals surface area contributed by atoms with Crippen LogP contribution in [0.3, 0.4) is 0 Å². The second kappa shape index (κ2) is 6.64. The van der Waals surface area contributed by atoms with Gasteiger partial charge in [0.05, 0.1) is 0 Å². The SMILES string of the molecule is COC(CNCc1cc(C)c(F)c(F)c1)OC. The van der Waals surface area contributed by atoms with Crippen molar-refractivity contribution < 1.29 is 18.3 Å². The van der Waals surface area contributed by atoms with E-state index in [1.54, 1.807) is 6.07 Å². The fraction of sp³-hybridized carbons (Fsp3) is 0.500. The first kappa shape index (κ1) is 14.0. The highest BCUT2D eigenvalue weighted by molar-refractivity contribution is 5.25. The number of rotatable bonds is 6. The van der Waals surface area contributed by atoms with Gasteiger partial charge >= 0.3 is 0 Å². The molecule has 3 nitrogen and oxygen atoms in total. The van der Waals surface area contributed by atoms with Gasteiger partial charge in [0.1, 0.15) is 0 Å². The van der Waals surface area contributed by atoms with Crippen molar-refractivity contribution in [2.24, 2.45) is 0 Å². The molecule has 0 aromatic heterocycles. The summed E-state index contributed by atoms with van der Waals surface area (Å²) in [6.45, 7) is 2.45. The van der Waals surface area contributed by atoms with E-state index in [0.717, 1.165) is 0 Å². The third-order valence-electron chi connectivity index (χ3n) is 2.44. The van der Waals surface area contributed by atoms with Gasteiger partial charge in [0.15, 0.2) is 17.9 Å². The van der Waals surface area contributed by atoms with Crippen LogP contribution in [-0.2, 0) is 16.0 Å². The number of benzene rings is 1. The first-order chi connectivity index (χ1) is 8.08. The van der Waals surface area contributed by atoms with E-state index in [1.165, 1.54) is 27.2 Å². The molecule has 0 atom stereocenters. The van der Waals surface area contributed by atoms with Crippen LogP contribution in [0, 0.1) is 18.6 Å². The maximum atomic E-state index is 13.1. The lowest BCUT2D eigenvalue weighted by atomic mass is 10.1. The van der Waals surface area contributed by atoms with E-state index in [9.17, 15) is 8.78 Å². The molecule has 0 aliphatic heterocycles. The molecule has 0 aliphatic carbocycles. The molecule has 1 N–H and O–H groups in total. The largest absolute Gasteiger partial charge is 0.355 e. The van der Waals surface area contributed by atoms with Crippen LogP contribution in [-0.4, -0.2) is 27.1 Å². The van der Waals surface area contributed by atoms with E-state index in [2.05, 4.69) is 5.32 Å². The van der Waals surface area contributed by atoms with Gasteiger partial charge in [-0.25, -0.2) is 8.78 Å². The van der Waals surface area contributed by atoms with E-state index in [0.29, 0.717) is 24.2 Å². The summed E-state index contributed by atoms with van der Waals surface area (Å²) in [4.78, 5) is 0. The molecule has 1 rings (SSSR count). The van der Waals surface area contributed by atoms with Gasteiger partial charge in [0.25, 0.3) is 0 Å². The molecule has 5 heteroatoms. The van der Waals surface area contributed by atoms with Crippen LogP contribution in [0.15, 0.2) is 12.1 Å². The summed E-state index contributed by atoms with van der Waals surface area (Å²) >= 11 is 0. The molecule has 1 aromatic rings. The Hall–Kier alpha value is -1.04. The molecule has 0 fully saturated rings. The average molecular weight is 245 g/mol. The maximum absolute atomic E-state index is 13.1. The van der Waals surface area contributed by atoms with Crippen molar-refractivity contribution in [1.82, 2.24) is 5.32 Å². The van der Waals surface area contributed by atoms with Crippen LogP contribution >= 0.6 is 0 Å². The summed E-state index contributed by atoms with van der Waals surface area (Å²) < 4.78 is 36.1. The predicted octanol–water partition coefficient (Wildman–Crippen LogP) is 1.98. The van der Waals surface area contributed by atoms with Gasteiger partial charge in [-0.1, -0.05) is 6.07 Å². The quantitative estimate of drug-likeness (QED) is 0.777. The van der Waals surface area contributed by atoms with Crippen molar-refractivity contribution in [3.05, 3.63) is 34.9 Å². The van der Waals surface area contributed by atoms with Gasteiger partial charge in [-0.2, -0.15) is 0 Å². The standard InChI is InChI=1S/C12H17F2NO2/c1-8-4-9(5-10(13)12(8)14)6-15-7-11(16-2)17-3/h4-5,11,15H,6-7H2,1-3H3. The molecule has 0 heterocycles. The molecule has 0 saturated heterocycles. The summed E-state index contributed by atoms with van der Waals surface area (Å²) in [5, 5.41) is 3.04. The number of hydrogen-bond donors (Lipinski definition) is 1. The molecule has 0 unspecified atom stereocenters. The number of aryl methyl sites for hydroxylation is 1. The second-order valence-electron chi connectivity index (χ2n) is 3.74. The van der Waals surface area contributed by atoms with E-state index >= 15 is 0 Å². The molecule has 0 bridgehead atoms. The molecule has 96 valence electrons. The minimum absolute atomic E-state index is 0.303. The lowest BCUT2D eigenvalue weighted by molar-refractivity contribution is -0.0989. The number of nitrogens with one attached hydrogen (secondary N) is 1. The van der Waals surface area contributed by atoms with Crippen molar-refractivity contribution in [3.63, 3.8) is 0 Å². The first-order valence-corrected chi connectivity index (χ1v) is 5.29. The predicted molar refractivity (Wildman–Crippen MR) is 60.6 cm³/mol. The Labute approximate surface area is 99.7 Å². The summed E-state index contributed by atoms with van der Waals surface area (Å²) in [7, 11) is 3.08. The smallest absolute Gasteiger partial charge is 0.169 e. The number of halogens is 2. The minimum Gasteiger partial charge on any atom is -0.355 e. The van der Waals surface area contributed by atoms with Crippen LogP contribution in [0.25, 0.3) is 0 Å². The second-order valence-corrected chi connectivity index (χ2v) is 3.74. The highest BCUT2D eigenvalue weighted by Crippen LogP contribution is 2.13. The summed E-state index contributed by atoms with van der Waals surface area (Å²) in [6, 6.07) is 2.80. The Morgan fingerprint density at radius 3 is 2.41 bits per heavy atom. The van der Waals surface area contributed by atoms with Crippen LogP contribution in [0.4, 0.5) is 8.78 Å². The summed E-state index contributed by atoms with van der Waals surface area (Å²) in [6.07, 6.45) is -0.346. The maximum Gasteiger partial charge on any atom is 0.169 e. The van der Waals surface area contributed by atoms with E-state index in [4.69, 9.17) is 9.47 Å². The summed E-state index contributed by atoms with van der Waals surface area (Å²) in [5.41, 5.74) is 0.990. The Balaban J connectivity index is 2.52. The van der Waals surface area contributed by atoms with Crippen molar-refractivity contribution in [3.8, 4) is 0 Å². The number of ether oxygens (including phenoxy) is 2. The third kappa shape index (κ3) is 4.03. The molecule has 0 spiro atoms. The lowest BCUT2D eigenvalue weighted by Gasteiger charge is -2.14. The van der Waals surface area contributed by atoms with Crippen LogP contribution in [0.5, 0.6) is 0 Å². The van der Waals surface area contributed by atoms with Gasteiger partial charge in [-0.15, -0.1) is 0 Å². The highest BCUT2D eigenvalue weighted by Gasteiger charge is 2.08. The molecule has 17 heavy (non-hydrogen) atoms.